The molecule has 0 atom stereocenters. The summed E-state index contributed by atoms with van der Waals surface area (Å²) in [6.07, 6.45) is 0. The molecular formula is C7H16N2O3. The highest BCUT2D eigenvalue weighted by atomic mass is 16.4. The molecule has 0 rings (SSSR count). The van der Waals surface area contributed by atoms with E-state index in [9.17, 15) is 4.79 Å². The van der Waals surface area contributed by atoms with E-state index < -0.39 is 5.97 Å². The first kappa shape index (κ1) is 11.4. The van der Waals surface area contributed by atoms with Gasteiger partial charge in [0.1, 0.15) is 0 Å². The lowest BCUT2D eigenvalue weighted by Crippen LogP contribution is -2.36. The Balaban J connectivity index is 3.61. The molecule has 0 heterocycles. The zero-order valence-corrected chi connectivity index (χ0v) is 7.29. The summed E-state index contributed by atoms with van der Waals surface area (Å²) in [7, 11) is 1.80. The predicted octanol–water partition coefficient (Wildman–Crippen LogP) is -1.42. The van der Waals surface area contributed by atoms with Gasteiger partial charge < -0.3 is 15.5 Å². The van der Waals surface area contributed by atoms with Crippen LogP contribution in [0.3, 0.4) is 0 Å². The molecule has 0 aromatic rings. The van der Waals surface area contributed by atoms with Gasteiger partial charge in [0.15, 0.2) is 0 Å². The maximum atomic E-state index is 10.3. The summed E-state index contributed by atoms with van der Waals surface area (Å²) in [5.41, 5.74) is 0. The summed E-state index contributed by atoms with van der Waals surface area (Å²) >= 11 is 0. The Morgan fingerprint density at radius 3 is 2.58 bits per heavy atom. The second-order valence-corrected chi connectivity index (χ2v) is 2.50. The Morgan fingerprint density at radius 1 is 1.50 bits per heavy atom. The molecule has 0 spiro atoms. The van der Waals surface area contributed by atoms with Crippen molar-refractivity contribution in [1.29, 1.82) is 0 Å². The topological polar surface area (TPSA) is 72.8 Å². The van der Waals surface area contributed by atoms with Gasteiger partial charge >= 0.3 is 5.97 Å². The zero-order chi connectivity index (χ0) is 9.40. The molecule has 0 saturated carbocycles. The first-order valence-electron chi connectivity index (χ1n) is 3.90. The van der Waals surface area contributed by atoms with E-state index in [1.54, 1.807) is 11.9 Å². The van der Waals surface area contributed by atoms with Crippen molar-refractivity contribution < 1.29 is 15.0 Å². The molecule has 72 valence electrons. The molecule has 0 aromatic carbocycles. The SMILES string of the molecule is CNCCN(CCO)CC(=O)O. The molecule has 0 amide bonds. The van der Waals surface area contributed by atoms with E-state index in [0.717, 1.165) is 6.54 Å². The van der Waals surface area contributed by atoms with Crippen molar-refractivity contribution in [2.45, 2.75) is 0 Å². The Hall–Kier alpha value is -0.650. The van der Waals surface area contributed by atoms with Crippen LogP contribution in [0.4, 0.5) is 0 Å². The lowest BCUT2D eigenvalue weighted by Gasteiger charge is -2.18. The van der Waals surface area contributed by atoms with Crippen LogP contribution >= 0.6 is 0 Å². The van der Waals surface area contributed by atoms with E-state index in [1.807, 2.05) is 0 Å². The van der Waals surface area contributed by atoms with Gasteiger partial charge in [0.2, 0.25) is 0 Å². The molecule has 0 radical (unpaired) electrons. The minimum absolute atomic E-state index is 0.00298. The highest BCUT2D eigenvalue weighted by Gasteiger charge is 2.07. The van der Waals surface area contributed by atoms with E-state index in [-0.39, 0.29) is 13.2 Å². The predicted molar refractivity (Wildman–Crippen MR) is 45.1 cm³/mol. The Bertz CT molecular complexity index is 130. The largest absolute Gasteiger partial charge is 0.480 e. The summed E-state index contributed by atoms with van der Waals surface area (Å²) in [5.74, 6) is -0.862. The number of carbonyl (C=O) groups is 1. The molecule has 0 aliphatic rings. The van der Waals surface area contributed by atoms with Gasteiger partial charge in [-0.15, -0.1) is 0 Å². The van der Waals surface area contributed by atoms with E-state index >= 15 is 0 Å². The second-order valence-electron chi connectivity index (χ2n) is 2.50. The molecule has 0 saturated heterocycles. The zero-order valence-electron chi connectivity index (χ0n) is 7.29. The van der Waals surface area contributed by atoms with Gasteiger partial charge in [-0.2, -0.15) is 0 Å². The number of hydrogen-bond donors (Lipinski definition) is 3. The third-order valence-electron chi connectivity index (χ3n) is 1.45. The molecule has 0 fully saturated rings. The first-order valence-corrected chi connectivity index (χ1v) is 3.90. The van der Waals surface area contributed by atoms with Crippen molar-refractivity contribution in [1.82, 2.24) is 10.2 Å². The average Bonchev–Trinajstić information content (AvgIpc) is 2.00. The summed E-state index contributed by atoms with van der Waals surface area (Å²) in [5, 5.41) is 20.0. The normalized spacial score (nSPS) is 10.6. The van der Waals surface area contributed by atoms with E-state index in [4.69, 9.17) is 10.2 Å². The molecule has 0 aliphatic heterocycles. The van der Waals surface area contributed by atoms with E-state index in [1.165, 1.54) is 0 Å². The lowest BCUT2D eigenvalue weighted by molar-refractivity contribution is -0.138. The minimum Gasteiger partial charge on any atom is -0.480 e. The quantitative estimate of drug-likeness (QED) is 0.444. The standard InChI is InChI=1S/C7H16N2O3/c1-8-2-3-9(4-5-10)6-7(11)12/h8,10H,2-6H2,1H3,(H,11,12). The van der Waals surface area contributed by atoms with Crippen LogP contribution in [-0.4, -0.2) is 60.9 Å². The number of nitrogens with zero attached hydrogens (tertiary/aromatic N) is 1. The van der Waals surface area contributed by atoms with Gasteiger partial charge in [0.05, 0.1) is 13.2 Å². The molecule has 5 nitrogen and oxygen atoms in total. The molecule has 12 heavy (non-hydrogen) atoms. The molecule has 0 bridgehead atoms. The Kier molecular flexibility index (Phi) is 6.64. The van der Waals surface area contributed by atoms with Gasteiger partial charge in [-0.25, -0.2) is 0 Å². The maximum absolute atomic E-state index is 10.3. The molecule has 5 heteroatoms. The van der Waals surface area contributed by atoms with Crippen molar-refractivity contribution in [3.63, 3.8) is 0 Å². The van der Waals surface area contributed by atoms with Crippen LogP contribution in [0, 0.1) is 0 Å². The Morgan fingerprint density at radius 2 is 2.17 bits per heavy atom. The number of aliphatic carboxylic acids is 1. The highest BCUT2D eigenvalue weighted by Crippen LogP contribution is 1.85. The molecular weight excluding hydrogens is 160 g/mol. The summed E-state index contributed by atoms with van der Waals surface area (Å²) < 4.78 is 0. The van der Waals surface area contributed by atoms with E-state index in [0.29, 0.717) is 13.1 Å². The first-order chi connectivity index (χ1) is 5.70. The van der Waals surface area contributed by atoms with Crippen molar-refractivity contribution >= 4 is 5.97 Å². The number of hydrogen-bond acceptors (Lipinski definition) is 4. The maximum Gasteiger partial charge on any atom is 0.317 e. The van der Waals surface area contributed by atoms with Crippen LogP contribution in [0.2, 0.25) is 0 Å². The van der Waals surface area contributed by atoms with Crippen LogP contribution < -0.4 is 5.32 Å². The number of nitrogens with one attached hydrogen (secondary N) is 1. The number of aliphatic hydroxyl groups is 1. The molecule has 0 aliphatic carbocycles. The van der Waals surface area contributed by atoms with Crippen molar-refractivity contribution in [3.8, 4) is 0 Å². The number of rotatable bonds is 7. The van der Waals surface area contributed by atoms with Gasteiger partial charge in [0, 0.05) is 19.6 Å². The molecule has 0 unspecified atom stereocenters. The Labute approximate surface area is 72.0 Å². The number of carboxylic acids is 1. The van der Waals surface area contributed by atoms with Crippen LogP contribution in [0.15, 0.2) is 0 Å². The van der Waals surface area contributed by atoms with Crippen molar-refractivity contribution in [3.05, 3.63) is 0 Å². The summed E-state index contributed by atoms with van der Waals surface area (Å²) in [6.45, 7) is 1.77. The molecule has 0 aromatic heterocycles. The fraction of sp³-hybridized carbons (Fsp3) is 0.857. The minimum atomic E-state index is -0.862. The fourth-order valence-corrected chi connectivity index (χ4v) is 0.873. The van der Waals surface area contributed by atoms with Crippen LogP contribution in [-0.2, 0) is 4.79 Å². The van der Waals surface area contributed by atoms with Crippen LogP contribution in [0.5, 0.6) is 0 Å². The number of likely N-dealkylation sites (N-methyl/N-ethyl adjacent to an activating group) is 1. The van der Waals surface area contributed by atoms with Gasteiger partial charge in [0.25, 0.3) is 0 Å². The smallest absolute Gasteiger partial charge is 0.317 e. The summed E-state index contributed by atoms with van der Waals surface area (Å²) in [4.78, 5) is 12.0. The highest BCUT2D eigenvalue weighted by molar-refractivity contribution is 5.69. The van der Waals surface area contributed by atoms with E-state index in [2.05, 4.69) is 5.32 Å². The number of aliphatic hydroxyl groups excluding tert-OH is 1. The number of carboxylic acid groups (broad SMARTS) is 1. The monoisotopic (exact) mass is 176 g/mol. The lowest BCUT2D eigenvalue weighted by atomic mass is 10.4. The van der Waals surface area contributed by atoms with Gasteiger partial charge in [-0.1, -0.05) is 0 Å². The molecule has 3 N–H and O–H groups in total. The third kappa shape index (κ3) is 6.09. The second kappa shape index (κ2) is 7.02. The van der Waals surface area contributed by atoms with Crippen LogP contribution in [0.25, 0.3) is 0 Å². The van der Waals surface area contributed by atoms with Crippen molar-refractivity contribution in [2.24, 2.45) is 0 Å². The average molecular weight is 176 g/mol. The third-order valence-corrected chi connectivity index (χ3v) is 1.45. The fourth-order valence-electron chi connectivity index (χ4n) is 0.873. The van der Waals surface area contributed by atoms with Gasteiger partial charge in [-0.3, -0.25) is 9.69 Å². The van der Waals surface area contributed by atoms with Crippen LogP contribution in [0.1, 0.15) is 0 Å². The van der Waals surface area contributed by atoms with Gasteiger partial charge in [-0.05, 0) is 7.05 Å². The van der Waals surface area contributed by atoms with Crippen molar-refractivity contribution in [2.75, 3.05) is 39.8 Å². The summed E-state index contributed by atoms with van der Waals surface area (Å²) in [6, 6.07) is 0.